The molecule has 2 rings (SSSR count). The molecule has 0 unspecified atom stereocenters. The maximum Gasteiger partial charge on any atom is 0.337 e. The van der Waals surface area contributed by atoms with E-state index in [0.29, 0.717) is 11.1 Å². The van der Waals surface area contributed by atoms with E-state index in [2.05, 4.69) is 0 Å². The number of rotatable bonds is 3. The van der Waals surface area contributed by atoms with E-state index < -0.39 is 13.3 Å². The topological polar surface area (TPSA) is 57.5 Å². The Hall–Kier alpha value is -1.41. The minimum absolute atomic E-state index is 0.641. The molecular formula is C15H17O3P. The summed E-state index contributed by atoms with van der Waals surface area (Å²) in [5.41, 5.74) is 2.52. The van der Waals surface area contributed by atoms with Gasteiger partial charge in [-0.25, -0.2) is 0 Å². The molecule has 0 aliphatic rings. The number of benzene rings is 2. The van der Waals surface area contributed by atoms with Crippen molar-refractivity contribution in [3.8, 4) is 0 Å². The van der Waals surface area contributed by atoms with Crippen molar-refractivity contribution in [2.45, 2.75) is 19.5 Å². The van der Waals surface area contributed by atoms with Crippen LogP contribution in [-0.4, -0.2) is 9.79 Å². The Balaban J connectivity index is 2.51. The second-order valence-electron chi connectivity index (χ2n) is 4.81. The van der Waals surface area contributed by atoms with Gasteiger partial charge in [-0.15, -0.1) is 0 Å². The lowest BCUT2D eigenvalue weighted by atomic mass is 10.0. The fraction of sp³-hybridized carbons (Fsp3) is 0.200. The average molecular weight is 276 g/mol. The first-order valence-electron chi connectivity index (χ1n) is 6.06. The first-order valence-corrected chi connectivity index (χ1v) is 7.74. The molecule has 0 spiro atoms. The zero-order valence-electron chi connectivity index (χ0n) is 10.9. The van der Waals surface area contributed by atoms with Crippen molar-refractivity contribution in [3.63, 3.8) is 0 Å². The molecule has 0 heterocycles. The number of hydrogen-bond acceptors (Lipinski definition) is 1. The van der Waals surface area contributed by atoms with Crippen LogP contribution in [0.1, 0.15) is 27.9 Å². The summed E-state index contributed by atoms with van der Waals surface area (Å²) in [5, 5.41) is 0. The molecule has 0 aliphatic carbocycles. The second-order valence-corrected chi connectivity index (χ2v) is 6.51. The lowest BCUT2D eigenvalue weighted by molar-refractivity contribution is 0.364. The van der Waals surface area contributed by atoms with Gasteiger partial charge in [-0.2, -0.15) is 0 Å². The maximum atomic E-state index is 11.8. The molecule has 2 aromatic rings. The summed E-state index contributed by atoms with van der Waals surface area (Å²) in [6.45, 7) is 3.89. The maximum absolute atomic E-state index is 11.8. The molecule has 19 heavy (non-hydrogen) atoms. The van der Waals surface area contributed by atoms with Crippen LogP contribution in [0.5, 0.6) is 0 Å². The molecule has 2 N–H and O–H groups in total. The lowest BCUT2D eigenvalue weighted by Crippen LogP contribution is -2.02. The zero-order valence-corrected chi connectivity index (χ0v) is 11.8. The van der Waals surface area contributed by atoms with E-state index in [0.717, 1.165) is 11.1 Å². The predicted molar refractivity (Wildman–Crippen MR) is 76.2 cm³/mol. The van der Waals surface area contributed by atoms with Gasteiger partial charge in [0.15, 0.2) is 0 Å². The molecule has 0 radical (unpaired) electrons. The van der Waals surface area contributed by atoms with Crippen LogP contribution in [0.2, 0.25) is 0 Å². The van der Waals surface area contributed by atoms with Gasteiger partial charge in [0.25, 0.3) is 0 Å². The standard InChI is InChI=1S/C15H17O3P/c1-11-3-7-13(8-4-11)15(19(16,17)18)14-9-5-12(2)6-10-14/h3-10,15H,1-2H3,(H2,16,17,18). The number of hydrogen-bond donors (Lipinski definition) is 2. The summed E-state index contributed by atoms with van der Waals surface area (Å²) in [6, 6.07) is 14.6. The molecule has 0 atom stereocenters. The highest BCUT2D eigenvalue weighted by molar-refractivity contribution is 7.52. The third kappa shape index (κ3) is 3.32. The van der Waals surface area contributed by atoms with Gasteiger partial charge in [0, 0.05) is 0 Å². The van der Waals surface area contributed by atoms with E-state index >= 15 is 0 Å². The average Bonchev–Trinajstić information content (AvgIpc) is 2.33. The van der Waals surface area contributed by atoms with Crippen LogP contribution in [0.3, 0.4) is 0 Å². The van der Waals surface area contributed by atoms with E-state index in [1.807, 2.05) is 38.1 Å². The third-order valence-electron chi connectivity index (χ3n) is 3.12. The van der Waals surface area contributed by atoms with Crippen LogP contribution in [0, 0.1) is 13.8 Å². The van der Waals surface area contributed by atoms with Crippen LogP contribution in [-0.2, 0) is 4.57 Å². The van der Waals surface area contributed by atoms with Gasteiger partial charge in [0.1, 0.15) is 5.66 Å². The van der Waals surface area contributed by atoms with Gasteiger partial charge in [-0.05, 0) is 25.0 Å². The van der Waals surface area contributed by atoms with Gasteiger partial charge in [-0.1, -0.05) is 59.7 Å². The third-order valence-corrected chi connectivity index (χ3v) is 4.39. The minimum Gasteiger partial charge on any atom is -0.324 e. The second kappa shape index (κ2) is 5.30. The van der Waals surface area contributed by atoms with Gasteiger partial charge in [0.05, 0.1) is 0 Å². The van der Waals surface area contributed by atoms with Crippen molar-refractivity contribution < 1.29 is 14.4 Å². The Morgan fingerprint density at radius 1 is 0.789 bits per heavy atom. The molecule has 0 saturated heterocycles. The molecule has 0 saturated carbocycles. The quantitative estimate of drug-likeness (QED) is 0.842. The van der Waals surface area contributed by atoms with Gasteiger partial charge < -0.3 is 9.79 Å². The van der Waals surface area contributed by atoms with Crippen molar-refractivity contribution in [2.24, 2.45) is 0 Å². The molecule has 3 nitrogen and oxygen atoms in total. The summed E-state index contributed by atoms with van der Waals surface area (Å²) in [4.78, 5) is 19.3. The van der Waals surface area contributed by atoms with E-state index in [-0.39, 0.29) is 0 Å². The highest BCUT2D eigenvalue weighted by Crippen LogP contribution is 2.55. The summed E-state index contributed by atoms with van der Waals surface area (Å²) in [7, 11) is -4.25. The Kier molecular flexibility index (Phi) is 3.91. The van der Waals surface area contributed by atoms with Crippen LogP contribution in [0.4, 0.5) is 0 Å². The molecule has 0 aliphatic heterocycles. The Morgan fingerprint density at radius 3 is 1.37 bits per heavy atom. The highest BCUT2D eigenvalue weighted by Gasteiger charge is 2.31. The van der Waals surface area contributed by atoms with Crippen LogP contribution in [0.25, 0.3) is 0 Å². The molecule has 0 amide bonds. The summed E-state index contributed by atoms with van der Waals surface area (Å²) in [5.74, 6) is 0. The fourth-order valence-electron chi connectivity index (χ4n) is 2.08. The first kappa shape index (κ1) is 14.0. The van der Waals surface area contributed by atoms with Crippen molar-refractivity contribution in [1.82, 2.24) is 0 Å². The van der Waals surface area contributed by atoms with E-state index in [1.165, 1.54) is 0 Å². The first-order chi connectivity index (χ1) is 8.88. The van der Waals surface area contributed by atoms with Crippen molar-refractivity contribution in [2.75, 3.05) is 0 Å². The van der Waals surface area contributed by atoms with Crippen LogP contribution < -0.4 is 0 Å². The molecule has 2 aromatic carbocycles. The van der Waals surface area contributed by atoms with E-state index in [9.17, 15) is 14.4 Å². The van der Waals surface area contributed by atoms with Crippen molar-refractivity contribution >= 4 is 7.60 Å². The monoisotopic (exact) mass is 276 g/mol. The highest BCUT2D eigenvalue weighted by atomic mass is 31.2. The SMILES string of the molecule is Cc1ccc(C(c2ccc(C)cc2)P(=O)(O)O)cc1. The normalized spacial score (nSPS) is 11.8. The van der Waals surface area contributed by atoms with Crippen LogP contribution in [0.15, 0.2) is 48.5 Å². The van der Waals surface area contributed by atoms with Gasteiger partial charge >= 0.3 is 7.60 Å². The number of aryl methyl sites for hydroxylation is 2. The molecule has 0 aromatic heterocycles. The molecule has 0 bridgehead atoms. The van der Waals surface area contributed by atoms with E-state index in [4.69, 9.17) is 0 Å². The summed E-state index contributed by atoms with van der Waals surface area (Å²) < 4.78 is 11.8. The summed E-state index contributed by atoms with van der Waals surface area (Å²) in [6.07, 6.45) is 0. The Morgan fingerprint density at radius 2 is 1.11 bits per heavy atom. The van der Waals surface area contributed by atoms with Gasteiger partial charge in [-0.3, -0.25) is 4.57 Å². The lowest BCUT2D eigenvalue weighted by Gasteiger charge is -2.19. The Labute approximate surface area is 113 Å². The molecule has 0 fully saturated rings. The largest absolute Gasteiger partial charge is 0.337 e. The van der Waals surface area contributed by atoms with Crippen LogP contribution >= 0.6 is 7.60 Å². The Bertz CT molecular complexity index is 551. The molecule has 4 heteroatoms. The van der Waals surface area contributed by atoms with E-state index in [1.54, 1.807) is 24.3 Å². The predicted octanol–water partition coefficient (Wildman–Crippen LogP) is 3.57. The minimum atomic E-state index is -4.25. The zero-order chi connectivity index (χ0) is 14.0. The van der Waals surface area contributed by atoms with Crippen molar-refractivity contribution in [3.05, 3.63) is 70.8 Å². The smallest absolute Gasteiger partial charge is 0.324 e. The van der Waals surface area contributed by atoms with Crippen molar-refractivity contribution in [1.29, 1.82) is 0 Å². The summed E-state index contributed by atoms with van der Waals surface area (Å²) >= 11 is 0. The van der Waals surface area contributed by atoms with Gasteiger partial charge in [0.2, 0.25) is 0 Å². The fourth-order valence-corrected chi connectivity index (χ4v) is 3.20. The molecule has 100 valence electrons. The molecular weight excluding hydrogens is 259 g/mol.